The number of hydrogen-bond acceptors (Lipinski definition) is 3. The third kappa shape index (κ3) is 2.65. The quantitative estimate of drug-likeness (QED) is 0.904. The fourth-order valence-corrected chi connectivity index (χ4v) is 4.16. The van der Waals surface area contributed by atoms with Crippen LogP contribution in [0.3, 0.4) is 0 Å². The average Bonchev–Trinajstić information content (AvgIpc) is 2.86. The highest BCUT2D eigenvalue weighted by Crippen LogP contribution is 2.29. The first kappa shape index (κ1) is 14.4. The van der Waals surface area contributed by atoms with E-state index >= 15 is 0 Å². The molecule has 0 bridgehead atoms. The number of hydrogen-bond donors (Lipinski definition) is 1. The summed E-state index contributed by atoms with van der Waals surface area (Å²) < 4.78 is 39.5. The zero-order chi connectivity index (χ0) is 14.2. The second-order valence-electron chi connectivity index (χ2n) is 4.19. The minimum Gasteiger partial charge on any atom is -0.478 e. The molecule has 1 aromatic rings. The second kappa shape index (κ2) is 5.18. The summed E-state index contributed by atoms with van der Waals surface area (Å²) in [4.78, 5) is 10.3. The Balaban J connectivity index is 2.57. The Bertz CT molecular complexity index is 626. The van der Waals surface area contributed by atoms with Gasteiger partial charge < -0.3 is 5.11 Å². The summed E-state index contributed by atoms with van der Waals surface area (Å²) in [6.45, 7) is 0.660. The van der Waals surface area contributed by atoms with Gasteiger partial charge in [-0.25, -0.2) is 17.6 Å². The SMILES string of the molecule is O=C(O)c1cc(Br)c(F)c(S(=O)(=O)N2CCCC2)c1. The van der Waals surface area contributed by atoms with Crippen LogP contribution in [-0.2, 0) is 10.0 Å². The van der Waals surface area contributed by atoms with E-state index in [1.165, 1.54) is 4.31 Å². The van der Waals surface area contributed by atoms with Crippen molar-refractivity contribution in [2.45, 2.75) is 17.7 Å². The molecule has 0 unspecified atom stereocenters. The van der Waals surface area contributed by atoms with Gasteiger partial charge in [-0.1, -0.05) is 0 Å². The summed E-state index contributed by atoms with van der Waals surface area (Å²) in [5, 5.41) is 8.90. The Morgan fingerprint density at radius 2 is 1.89 bits per heavy atom. The maximum atomic E-state index is 13.9. The van der Waals surface area contributed by atoms with Crippen molar-refractivity contribution in [3.05, 3.63) is 28.0 Å². The Labute approximate surface area is 118 Å². The molecule has 1 aliphatic rings. The average molecular weight is 352 g/mol. The van der Waals surface area contributed by atoms with E-state index in [9.17, 15) is 17.6 Å². The van der Waals surface area contributed by atoms with E-state index in [1.54, 1.807) is 0 Å². The summed E-state index contributed by atoms with van der Waals surface area (Å²) in [6, 6.07) is 1.90. The molecule has 0 amide bonds. The number of halogens is 2. The molecule has 0 atom stereocenters. The minimum absolute atomic E-state index is 0.176. The molecule has 1 aliphatic heterocycles. The molecule has 1 N–H and O–H groups in total. The molecule has 8 heteroatoms. The molecular formula is C11H11BrFNO4S. The van der Waals surface area contributed by atoms with Gasteiger partial charge in [0, 0.05) is 13.1 Å². The van der Waals surface area contributed by atoms with Crippen LogP contribution in [0.5, 0.6) is 0 Å². The third-order valence-corrected chi connectivity index (χ3v) is 5.40. The molecule has 0 spiro atoms. The van der Waals surface area contributed by atoms with Gasteiger partial charge in [0.15, 0.2) is 5.82 Å². The molecule has 19 heavy (non-hydrogen) atoms. The number of nitrogens with zero attached hydrogens (tertiary/aromatic N) is 1. The predicted octanol–water partition coefficient (Wildman–Crippen LogP) is 2.07. The summed E-state index contributed by atoms with van der Waals surface area (Å²) in [5.74, 6) is -2.27. The second-order valence-corrected chi connectivity index (χ2v) is 6.95. The lowest BCUT2D eigenvalue weighted by Gasteiger charge is -2.16. The maximum Gasteiger partial charge on any atom is 0.335 e. The van der Waals surface area contributed by atoms with Crippen molar-refractivity contribution < 1.29 is 22.7 Å². The zero-order valence-electron chi connectivity index (χ0n) is 9.77. The summed E-state index contributed by atoms with van der Waals surface area (Å²) in [6.07, 6.45) is 1.45. The molecule has 0 saturated carbocycles. The van der Waals surface area contributed by atoms with E-state index < -0.39 is 26.7 Å². The van der Waals surface area contributed by atoms with Crippen molar-refractivity contribution in [2.24, 2.45) is 0 Å². The Hall–Kier alpha value is -0.990. The van der Waals surface area contributed by atoms with Crippen molar-refractivity contribution in [3.63, 3.8) is 0 Å². The monoisotopic (exact) mass is 351 g/mol. The molecule has 0 radical (unpaired) electrons. The number of carbonyl (C=O) groups is 1. The summed E-state index contributed by atoms with van der Waals surface area (Å²) in [5.41, 5.74) is -0.272. The Kier molecular flexibility index (Phi) is 3.93. The highest BCUT2D eigenvalue weighted by molar-refractivity contribution is 9.10. The van der Waals surface area contributed by atoms with Gasteiger partial charge in [0.05, 0.1) is 10.0 Å². The van der Waals surface area contributed by atoms with Crippen LogP contribution in [0.15, 0.2) is 21.5 Å². The number of carboxylic acid groups (broad SMARTS) is 1. The Morgan fingerprint density at radius 1 is 1.32 bits per heavy atom. The number of sulfonamides is 1. The topological polar surface area (TPSA) is 74.7 Å². The van der Waals surface area contributed by atoms with Gasteiger partial charge in [-0.15, -0.1) is 0 Å². The third-order valence-electron chi connectivity index (χ3n) is 2.92. The lowest BCUT2D eigenvalue weighted by Crippen LogP contribution is -2.29. The van der Waals surface area contributed by atoms with Crippen LogP contribution in [0, 0.1) is 5.82 Å². The number of aromatic carboxylic acids is 1. The minimum atomic E-state index is -3.98. The predicted molar refractivity (Wildman–Crippen MR) is 69.1 cm³/mol. The van der Waals surface area contributed by atoms with Crippen molar-refractivity contribution in [1.29, 1.82) is 0 Å². The fourth-order valence-electron chi connectivity index (χ4n) is 1.94. The molecule has 1 aromatic carbocycles. The molecule has 1 heterocycles. The van der Waals surface area contributed by atoms with Crippen molar-refractivity contribution in [3.8, 4) is 0 Å². The lowest BCUT2D eigenvalue weighted by atomic mass is 10.2. The molecule has 1 fully saturated rings. The smallest absolute Gasteiger partial charge is 0.335 e. The molecule has 0 aliphatic carbocycles. The van der Waals surface area contributed by atoms with Gasteiger partial charge in [-0.3, -0.25) is 0 Å². The van der Waals surface area contributed by atoms with Crippen molar-refractivity contribution in [2.75, 3.05) is 13.1 Å². The first-order chi connectivity index (χ1) is 8.84. The summed E-state index contributed by atoms with van der Waals surface area (Å²) in [7, 11) is -3.98. The van der Waals surface area contributed by atoms with Gasteiger partial charge in [0.25, 0.3) is 0 Å². The van der Waals surface area contributed by atoms with Crippen LogP contribution >= 0.6 is 15.9 Å². The zero-order valence-corrected chi connectivity index (χ0v) is 12.2. The van der Waals surface area contributed by atoms with E-state index in [2.05, 4.69) is 15.9 Å². The van der Waals surface area contributed by atoms with Gasteiger partial charge in [0.1, 0.15) is 4.90 Å². The standard InChI is InChI=1S/C11H11BrFNO4S/c12-8-5-7(11(15)16)6-9(10(8)13)19(17,18)14-3-1-2-4-14/h5-6H,1-4H2,(H,15,16). The maximum absolute atomic E-state index is 13.9. The largest absolute Gasteiger partial charge is 0.478 e. The molecule has 1 saturated heterocycles. The van der Waals surface area contributed by atoms with E-state index in [0.717, 1.165) is 25.0 Å². The number of carboxylic acids is 1. The normalized spacial score (nSPS) is 16.7. The van der Waals surface area contributed by atoms with E-state index in [0.29, 0.717) is 13.1 Å². The van der Waals surface area contributed by atoms with Gasteiger partial charge >= 0.3 is 5.97 Å². The fraction of sp³-hybridized carbons (Fsp3) is 0.364. The molecular weight excluding hydrogens is 341 g/mol. The van der Waals surface area contributed by atoms with Crippen LogP contribution in [0.2, 0.25) is 0 Å². The van der Waals surface area contributed by atoms with E-state index in [4.69, 9.17) is 5.11 Å². The molecule has 2 rings (SSSR count). The van der Waals surface area contributed by atoms with E-state index in [1.807, 2.05) is 0 Å². The van der Waals surface area contributed by atoms with Gasteiger partial charge in [-0.2, -0.15) is 4.31 Å². The first-order valence-corrected chi connectivity index (χ1v) is 7.80. The van der Waals surface area contributed by atoms with Gasteiger partial charge in [0.2, 0.25) is 10.0 Å². The highest BCUT2D eigenvalue weighted by Gasteiger charge is 2.31. The first-order valence-electron chi connectivity index (χ1n) is 5.56. The summed E-state index contributed by atoms with van der Waals surface area (Å²) >= 11 is 2.84. The Morgan fingerprint density at radius 3 is 2.42 bits per heavy atom. The van der Waals surface area contributed by atoms with Crippen LogP contribution in [0.4, 0.5) is 4.39 Å². The highest BCUT2D eigenvalue weighted by atomic mass is 79.9. The van der Waals surface area contributed by atoms with Crippen LogP contribution in [0.25, 0.3) is 0 Å². The van der Waals surface area contributed by atoms with Crippen LogP contribution in [0.1, 0.15) is 23.2 Å². The molecule has 5 nitrogen and oxygen atoms in total. The van der Waals surface area contributed by atoms with Crippen molar-refractivity contribution >= 4 is 31.9 Å². The van der Waals surface area contributed by atoms with Crippen LogP contribution < -0.4 is 0 Å². The van der Waals surface area contributed by atoms with Gasteiger partial charge in [-0.05, 0) is 40.9 Å². The number of rotatable bonds is 3. The van der Waals surface area contributed by atoms with E-state index in [-0.39, 0.29) is 10.0 Å². The molecule has 104 valence electrons. The molecule has 0 aromatic heterocycles. The number of benzene rings is 1. The lowest BCUT2D eigenvalue weighted by molar-refractivity contribution is 0.0696. The van der Waals surface area contributed by atoms with Crippen LogP contribution in [-0.4, -0.2) is 36.9 Å². The van der Waals surface area contributed by atoms with Crippen molar-refractivity contribution in [1.82, 2.24) is 4.31 Å².